The fourth-order valence-corrected chi connectivity index (χ4v) is 4.00. The fraction of sp³-hybridized carbons (Fsp3) is 0.320. The van der Waals surface area contributed by atoms with E-state index in [1.807, 2.05) is 67.3 Å². The summed E-state index contributed by atoms with van der Waals surface area (Å²) in [7, 11) is 2.07. The highest BCUT2D eigenvalue weighted by molar-refractivity contribution is 5.95. The number of benzene rings is 2. The van der Waals surface area contributed by atoms with Crippen LogP contribution in [-0.4, -0.2) is 64.6 Å². The third kappa shape index (κ3) is 4.43. The number of hydrogen-bond donors (Lipinski definition) is 1. The molecule has 4 rings (SSSR count). The van der Waals surface area contributed by atoms with Gasteiger partial charge >= 0.3 is 0 Å². The normalized spacial score (nSPS) is 14.4. The molecule has 2 aromatic carbocycles. The minimum Gasteiger partial charge on any atom is -0.336 e. The van der Waals surface area contributed by atoms with Crippen LogP contribution in [0.15, 0.2) is 48.5 Å². The van der Waals surface area contributed by atoms with Gasteiger partial charge in [0.2, 0.25) is 5.91 Å². The number of nitrogens with zero attached hydrogens (tertiary/aromatic N) is 4. The first-order valence-corrected chi connectivity index (χ1v) is 10.9. The lowest BCUT2D eigenvalue weighted by atomic mass is 10.0. The largest absolute Gasteiger partial charge is 0.336 e. The Kier molecular flexibility index (Phi) is 6.10. The van der Waals surface area contributed by atoms with Gasteiger partial charge in [0, 0.05) is 44.2 Å². The number of likely N-dealkylation sites (N-methyl/N-ethyl adjacent to an activating group) is 1. The Morgan fingerprint density at radius 3 is 2.12 bits per heavy atom. The minimum absolute atomic E-state index is 0.0451. The van der Waals surface area contributed by atoms with Crippen LogP contribution in [0.3, 0.4) is 0 Å². The van der Waals surface area contributed by atoms with Crippen LogP contribution in [0.2, 0.25) is 0 Å². The number of amides is 2. The minimum atomic E-state index is -0.165. The Labute approximate surface area is 188 Å². The average molecular weight is 432 g/mol. The summed E-state index contributed by atoms with van der Waals surface area (Å²) in [5, 5.41) is 7.66. The topological polar surface area (TPSA) is 70.5 Å². The lowest BCUT2D eigenvalue weighted by Crippen LogP contribution is -2.47. The second-order valence-electron chi connectivity index (χ2n) is 8.41. The first-order valence-electron chi connectivity index (χ1n) is 10.9. The highest BCUT2D eigenvalue weighted by Crippen LogP contribution is 2.33. The summed E-state index contributed by atoms with van der Waals surface area (Å²) in [6, 6.07) is 15.6. The van der Waals surface area contributed by atoms with Gasteiger partial charge < -0.3 is 15.1 Å². The van der Waals surface area contributed by atoms with Crippen LogP contribution in [0.25, 0.3) is 16.8 Å². The van der Waals surface area contributed by atoms with Crippen molar-refractivity contribution < 1.29 is 9.59 Å². The zero-order chi connectivity index (χ0) is 22.8. The summed E-state index contributed by atoms with van der Waals surface area (Å²) in [6.45, 7) is 8.71. The van der Waals surface area contributed by atoms with Crippen molar-refractivity contribution in [3.63, 3.8) is 0 Å². The third-order valence-corrected chi connectivity index (χ3v) is 5.84. The van der Waals surface area contributed by atoms with Crippen LogP contribution in [0.1, 0.15) is 28.5 Å². The predicted molar refractivity (Wildman–Crippen MR) is 126 cm³/mol. The number of aryl methyl sites for hydroxylation is 2. The number of anilines is 1. The molecule has 0 aliphatic carbocycles. The summed E-state index contributed by atoms with van der Waals surface area (Å²) >= 11 is 0. The molecule has 2 amide bonds. The van der Waals surface area contributed by atoms with E-state index in [0.717, 1.165) is 48.7 Å². The maximum absolute atomic E-state index is 12.9. The maximum Gasteiger partial charge on any atom is 0.253 e. The molecule has 7 nitrogen and oxygen atoms in total. The predicted octanol–water partition coefficient (Wildman–Crippen LogP) is 3.50. The van der Waals surface area contributed by atoms with Gasteiger partial charge in [0.25, 0.3) is 5.91 Å². The van der Waals surface area contributed by atoms with Gasteiger partial charge in [-0.3, -0.25) is 9.59 Å². The van der Waals surface area contributed by atoms with E-state index < -0.39 is 0 Å². The van der Waals surface area contributed by atoms with Gasteiger partial charge in [-0.15, -0.1) is 0 Å². The van der Waals surface area contributed by atoms with E-state index in [1.165, 1.54) is 12.5 Å². The van der Waals surface area contributed by atoms with Crippen molar-refractivity contribution in [2.45, 2.75) is 20.8 Å². The lowest BCUT2D eigenvalue weighted by Gasteiger charge is -2.32. The van der Waals surface area contributed by atoms with Gasteiger partial charge in [-0.25, -0.2) is 4.68 Å². The molecule has 1 aliphatic heterocycles. The molecule has 7 heteroatoms. The number of carbonyl (C=O) groups is 2. The first kappa shape index (κ1) is 21.8. The Bertz CT molecular complexity index is 1120. The van der Waals surface area contributed by atoms with E-state index in [2.05, 4.69) is 17.3 Å². The van der Waals surface area contributed by atoms with Crippen LogP contribution >= 0.6 is 0 Å². The Morgan fingerprint density at radius 1 is 0.906 bits per heavy atom. The van der Waals surface area contributed by atoms with Gasteiger partial charge in [-0.05, 0) is 50.7 Å². The van der Waals surface area contributed by atoms with Crippen LogP contribution in [0, 0.1) is 13.8 Å². The molecule has 32 heavy (non-hydrogen) atoms. The smallest absolute Gasteiger partial charge is 0.253 e. The van der Waals surface area contributed by atoms with E-state index >= 15 is 0 Å². The summed E-state index contributed by atoms with van der Waals surface area (Å²) in [5.74, 6) is 0.502. The molecule has 1 aliphatic rings. The molecule has 0 atom stereocenters. The second kappa shape index (κ2) is 8.96. The molecule has 0 saturated carbocycles. The van der Waals surface area contributed by atoms with Crippen molar-refractivity contribution in [3.8, 4) is 16.8 Å². The van der Waals surface area contributed by atoms with Gasteiger partial charge in [0.05, 0.1) is 11.4 Å². The van der Waals surface area contributed by atoms with Crippen LogP contribution in [0.5, 0.6) is 0 Å². The Hall–Kier alpha value is -3.45. The molecule has 0 bridgehead atoms. The molecule has 1 N–H and O–H groups in total. The molecular weight excluding hydrogens is 402 g/mol. The number of piperazine rings is 1. The van der Waals surface area contributed by atoms with E-state index in [-0.39, 0.29) is 11.8 Å². The molecule has 0 unspecified atom stereocenters. The summed E-state index contributed by atoms with van der Waals surface area (Å²) < 4.78 is 1.73. The molecule has 0 spiro atoms. The van der Waals surface area contributed by atoms with Crippen molar-refractivity contribution in [1.29, 1.82) is 0 Å². The molecule has 1 aromatic heterocycles. The monoisotopic (exact) mass is 431 g/mol. The summed E-state index contributed by atoms with van der Waals surface area (Å²) in [5.41, 5.74) is 5.30. The first-order chi connectivity index (χ1) is 15.3. The second-order valence-corrected chi connectivity index (χ2v) is 8.41. The molecule has 2 heterocycles. The van der Waals surface area contributed by atoms with Crippen molar-refractivity contribution in [1.82, 2.24) is 19.6 Å². The number of carbonyl (C=O) groups excluding carboxylic acids is 2. The van der Waals surface area contributed by atoms with Crippen LogP contribution < -0.4 is 5.32 Å². The summed E-state index contributed by atoms with van der Waals surface area (Å²) in [6.07, 6.45) is 0. The number of rotatable bonds is 4. The van der Waals surface area contributed by atoms with Gasteiger partial charge in [-0.2, -0.15) is 5.10 Å². The number of hydrogen-bond acceptors (Lipinski definition) is 4. The number of nitrogens with one attached hydrogen (secondary N) is 1. The van der Waals surface area contributed by atoms with Gasteiger partial charge in [-0.1, -0.05) is 29.8 Å². The van der Waals surface area contributed by atoms with Gasteiger partial charge in [0.1, 0.15) is 5.82 Å². The van der Waals surface area contributed by atoms with E-state index in [1.54, 1.807) is 4.68 Å². The van der Waals surface area contributed by atoms with Gasteiger partial charge in [0.15, 0.2) is 0 Å². The van der Waals surface area contributed by atoms with E-state index in [9.17, 15) is 9.59 Å². The number of aromatic nitrogens is 2. The standard InChI is InChI=1S/C25H29N5O2/c1-17-5-7-20(8-6-17)23-18(2)27-30(24(23)26-19(3)31)22-11-9-21(10-12-22)25(32)29-15-13-28(4)14-16-29/h5-12H,13-16H2,1-4H3,(H,26,31). The highest BCUT2D eigenvalue weighted by atomic mass is 16.2. The van der Waals surface area contributed by atoms with Crippen molar-refractivity contribution in [3.05, 3.63) is 65.4 Å². The molecule has 1 fully saturated rings. The third-order valence-electron chi connectivity index (χ3n) is 5.84. The molecule has 166 valence electrons. The zero-order valence-electron chi connectivity index (χ0n) is 19.1. The molecule has 1 saturated heterocycles. The molecular formula is C25H29N5O2. The SMILES string of the molecule is CC(=O)Nc1c(-c2ccc(C)cc2)c(C)nn1-c1ccc(C(=O)N2CCN(C)CC2)cc1. The van der Waals surface area contributed by atoms with Crippen molar-refractivity contribution in [2.75, 3.05) is 38.5 Å². The van der Waals surface area contributed by atoms with Crippen molar-refractivity contribution in [2.24, 2.45) is 0 Å². The maximum atomic E-state index is 12.9. The Morgan fingerprint density at radius 2 is 1.53 bits per heavy atom. The van der Waals surface area contributed by atoms with Crippen LogP contribution in [-0.2, 0) is 4.79 Å². The highest BCUT2D eigenvalue weighted by Gasteiger charge is 2.22. The quantitative estimate of drug-likeness (QED) is 0.686. The molecule has 3 aromatic rings. The fourth-order valence-electron chi connectivity index (χ4n) is 4.00. The lowest BCUT2D eigenvalue weighted by molar-refractivity contribution is -0.114. The summed E-state index contributed by atoms with van der Waals surface area (Å²) in [4.78, 5) is 29.0. The Balaban J connectivity index is 1.67. The van der Waals surface area contributed by atoms with E-state index in [0.29, 0.717) is 11.4 Å². The molecule has 0 radical (unpaired) electrons. The zero-order valence-corrected chi connectivity index (χ0v) is 19.1. The van der Waals surface area contributed by atoms with E-state index in [4.69, 9.17) is 5.10 Å². The van der Waals surface area contributed by atoms with Crippen LogP contribution in [0.4, 0.5) is 5.82 Å². The van der Waals surface area contributed by atoms with Crippen molar-refractivity contribution >= 4 is 17.6 Å². The average Bonchev–Trinajstić information content (AvgIpc) is 3.09.